The highest BCUT2D eigenvalue weighted by Crippen LogP contribution is 2.35. The van der Waals surface area contributed by atoms with E-state index in [1.165, 1.54) is 12.8 Å². The molecule has 2 aliphatic heterocycles. The SMILES string of the molecule is C#CCO.Cc1c(C(=O)NN2CCCCC2)nc(-c2ccc(Cl)cc2Cl)n1-c1ccc(Br)cc1.Cc1c(C(=O)NN2CCCCC2)nc(-c2ccc(Cl)cc2Cl)n1-c1ccc(C#CCO)cc1. The van der Waals surface area contributed by atoms with Crippen LogP contribution < -0.4 is 10.9 Å². The Balaban J connectivity index is 0.000000206. The Morgan fingerprint density at radius 1 is 0.642 bits per heavy atom. The van der Waals surface area contributed by atoms with Crippen LogP contribution in [0.3, 0.4) is 0 Å². The summed E-state index contributed by atoms with van der Waals surface area (Å²) in [6.07, 6.45) is 11.2. The maximum atomic E-state index is 13.1. The molecule has 2 fully saturated rings. The van der Waals surface area contributed by atoms with Gasteiger partial charge in [0.25, 0.3) is 11.8 Å². The molecular formula is C50H49BrCl4N8O4. The molecule has 0 bridgehead atoms. The Kier molecular flexibility index (Phi) is 18.9. The number of hydrogen-bond donors (Lipinski definition) is 4. The number of amides is 2. The minimum atomic E-state index is -0.245. The average molecular weight is 1050 g/mol. The van der Waals surface area contributed by atoms with Gasteiger partial charge >= 0.3 is 0 Å². The number of imidazole rings is 2. The lowest BCUT2D eigenvalue weighted by atomic mass is 10.1. The Morgan fingerprint density at radius 2 is 1.04 bits per heavy atom. The van der Waals surface area contributed by atoms with Crippen molar-refractivity contribution in [1.82, 2.24) is 40.0 Å². The minimum absolute atomic E-state index is 0.153. The van der Waals surface area contributed by atoms with E-state index in [-0.39, 0.29) is 25.0 Å². The predicted molar refractivity (Wildman–Crippen MR) is 271 cm³/mol. The fourth-order valence-corrected chi connectivity index (χ4v) is 8.85. The number of benzene rings is 4. The van der Waals surface area contributed by atoms with Crippen molar-refractivity contribution in [3.63, 3.8) is 0 Å². The molecule has 348 valence electrons. The fraction of sp³-hybridized carbons (Fsp3) is 0.280. The van der Waals surface area contributed by atoms with Gasteiger partial charge in [-0.3, -0.25) is 29.6 Å². The van der Waals surface area contributed by atoms with E-state index in [1.54, 1.807) is 30.3 Å². The first-order valence-electron chi connectivity index (χ1n) is 21.5. The van der Waals surface area contributed by atoms with Gasteiger partial charge in [0, 0.05) is 68.8 Å². The zero-order valence-electron chi connectivity index (χ0n) is 36.9. The Bertz CT molecular complexity index is 2780. The summed E-state index contributed by atoms with van der Waals surface area (Å²) in [6.45, 7) is 6.78. The molecule has 4 N–H and O–H groups in total. The van der Waals surface area contributed by atoms with Crippen molar-refractivity contribution in [2.45, 2.75) is 52.4 Å². The molecule has 2 saturated heterocycles. The molecule has 0 unspecified atom stereocenters. The number of piperidine rings is 2. The molecule has 8 rings (SSSR count). The summed E-state index contributed by atoms with van der Waals surface area (Å²) >= 11 is 28.7. The van der Waals surface area contributed by atoms with Gasteiger partial charge in [-0.15, -0.1) is 6.42 Å². The number of carbonyl (C=O) groups is 2. The van der Waals surface area contributed by atoms with Crippen LogP contribution in [0.2, 0.25) is 20.1 Å². The third-order valence-electron chi connectivity index (χ3n) is 10.8. The number of rotatable bonds is 8. The van der Waals surface area contributed by atoms with Crippen LogP contribution in [0.1, 0.15) is 76.5 Å². The van der Waals surface area contributed by atoms with E-state index >= 15 is 0 Å². The van der Waals surface area contributed by atoms with Crippen molar-refractivity contribution >= 4 is 74.1 Å². The summed E-state index contributed by atoms with van der Waals surface area (Å²) in [4.78, 5) is 35.7. The van der Waals surface area contributed by atoms with Gasteiger partial charge in [-0.1, -0.05) is 92.9 Å². The lowest BCUT2D eigenvalue weighted by molar-refractivity contribution is 0.0737. The minimum Gasteiger partial charge on any atom is -0.384 e. The van der Waals surface area contributed by atoms with Crippen LogP contribution in [0.15, 0.2) is 89.4 Å². The van der Waals surface area contributed by atoms with Gasteiger partial charge in [0.15, 0.2) is 11.4 Å². The number of nitrogens with zero attached hydrogens (tertiary/aromatic N) is 6. The first-order valence-corrected chi connectivity index (χ1v) is 23.9. The van der Waals surface area contributed by atoms with Crippen molar-refractivity contribution in [3.05, 3.63) is 138 Å². The van der Waals surface area contributed by atoms with Crippen molar-refractivity contribution in [2.75, 3.05) is 39.4 Å². The fourth-order valence-electron chi connectivity index (χ4n) is 7.60. The van der Waals surface area contributed by atoms with Crippen molar-refractivity contribution < 1.29 is 19.8 Å². The van der Waals surface area contributed by atoms with E-state index in [2.05, 4.69) is 45.0 Å². The molecule has 17 heteroatoms. The molecule has 2 aromatic heterocycles. The van der Waals surface area contributed by atoms with Crippen LogP contribution in [0.4, 0.5) is 0 Å². The normalized spacial score (nSPS) is 13.7. The number of hydrazine groups is 2. The van der Waals surface area contributed by atoms with Crippen LogP contribution in [0, 0.1) is 38.0 Å². The molecule has 67 heavy (non-hydrogen) atoms. The van der Waals surface area contributed by atoms with Crippen LogP contribution in [0.25, 0.3) is 34.2 Å². The predicted octanol–water partition coefficient (Wildman–Crippen LogP) is 10.3. The molecule has 0 spiro atoms. The maximum Gasteiger partial charge on any atom is 0.286 e. The summed E-state index contributed by atoms with van der Waals surface area (Å²) in [5.41, 5.74) is 12.0. The highest BCUT2D eigenvalue weighted by atomic mass is 79.9. The second-order valence-corrected chi connectivity index (χ2v) is 18.1. The van der Waals surface area contributed by atoms with Gasteiger partial charge in [-0.25, -0.2) is 20.0 Å². The largest absolute Gasteiger partial charge is 0.384 e. The highest BCUT2D eigenvalue weighted by Gasteiger charge is 2.26. The van der Waals surface area contributed by atoms with Crippen LogP contribution in [0.5, 0.6) is 0 Å². The Labute approximate surface area is 419 Å². The third kappa shape index (κ3) is 13.3. The lowest BCUT2D eigenvalue weighted by Gasteiger charge is -2.26. The number of carbonyl (C=O) groups excluding carboxylic acids is 2. The van der Waals surface area contributed by atoms with E-state index < -0.39 is 0 Å². The number of terminal acetylenes is 1. The second-order valence-electron chi connectivity index (χ2n) is 15.5. The summed E-state index contributed by atoms with van der Waals surface area (Å²) in [5.74, 6) is 8.20. The lowest BCUT2D eigenvalue weighted by Crippen LogP contribution is -2.45. The monoisotopic (exact) mass is 1040 g/mol. The first kappa shape index (κ1) is 51.2. The topological polar surface area (TPSA) is 141 Å². The van der Waals surface area contributed by atoms with Gasteiger partial charge in [0.05, 0.1) is 21.4 Å². The van der Waals surface area contributed by atoms with Crippen LogP contribution >= 0.6 is 62.3 Å². The summed E-state index contributed by atoms with van der Waals surface area (Å²) in [5, 5.41) is 22.5. The summed E-state index contributed by atoms with van der Waals surface area (Å²) in [7, 11) is 0. The molecule has 0 atom stereocenters. The highest BCUT2D eigenvalue weighted by molar-refractivity contribution is 9.10. The molecule has 0 saturated carbocycles. The zero-order chi connectivity index (χ0) is 48.0. The Morgan fingerprint density at radius 3 is 1.42 bits per heavy atom. The van der Waals surface area contributed by atoms with Crippen molar-refractivity contribution in [1.29, 1.82) is 0 Å². The van der Waals surface area contributed by atoms with Crippen LogP contribution in [-0.4, -0.2) is 90.5 Å². The Hall–Kier alpha value is -5.16. The van der Waals surface area contributed by atoms with Gasteiger partial charge in [-0.05, 0) is 124 Å². The van der Waals surface area contributed by atoms with E-state index in [0.29, 0.717) is 59.9 Å². The van der Waals surface area contributed by atoms with Gasteiger partial charge < -0.3 is 10.2 Å². The van der Waals surface area contributed by atoms with E-state index in [0.717, 1.165) is 79.0 Å². The van der Waals surface area contributed by atoms with Crippen LogP contribution in [-0.2, 0) is 0 Å². The molecule has 4 heterocycles. The van der Waals surface area contributed by atoms with Gasteiger partial charge in [0.2, 0.25) is 0 Å². The number of nitrogens with one attached hydrogen (secondary N) is 2. The summed E-state index contributed by atoms with van der Waals surface area (Å²) < 4.78 is 4.83. The molecule has 0 radical (unpaired) electrons. The quantitative estimate of drug-likeness (QED) is 0.111. The second kappa shape index (κ2) is 24.7. The molecule has 4 aromatic carbocycles. The molecule has 2 aliphatic rings. The van der Waals surface area contributed by atoms with E-state index in [4.69, 9.17) is 66.6 Å². The smallest absolute Gasteiger partial charge is 0.286 e. The molecule has 2 amide bonds. The number of aromatic nitrogens is 4. The van der Waals surface area contributed by atoms with Crippen molar-refractivity contribution in [3.8, 4) is 58.3 Å². The van der Waals surface area contributed by atoms with Crippen molar-refractivity contribution in [2.24, 2.45) is 0 Å². The molecule has 12 nitrogen and oxygen atoms in total. The number of aliphatic hydroxyl groups is 2. The molecule has 6 aromatic rings. The standard InChI is InChI=1S/C25H24Cl2N4O2.C22H21BrCl2N4O.C3H4O/c1-17-23(25(33)29-30-13-3-2-4-14-30)28-24(21-12-9-19(26)16-22(21)27)31(17)20-10-7-18(8-11-20)6-5-15-32;1-14-20(22(30)27-28-11-3-2-4-12-28)26-21(18-10-7-16(24)13-19(18)25)29(14)17-8-5-15(23)6-9-17;1-2-3-4/h7-12,16,32H,2-4,13-15H2,1H3,(H,29,33);5-10,13H,2-4,11-12H2,1H3,(H,27,30);1,4H,3H2. The molecule has 0 aliphatic carbocycles. The van der Waals surface area contributed by atoms with Gasteiger partial charge in [0.1, 0.15) is 24.9 Å². The first-order chi connectivity index (χ1) is 32.3. The average Bonchev–Trinajstić information content (AvgIpc) is 3.85. The number of hydrogen-bond acceptors (Lipinski definition) is 8. The third-order valence-corrected chi connectivity index (χ3v) is 12.5. The maximum absolute atomic E-state index is 13.1. The molecular weight excluding hydrogens is 998 g/mol. The zero-order valence-corrected chi connectivity index (χ0v) is 41.5. The van der Waals surface area contributed by atoms with E-state index in [1.807, 2.05) is 93.5 Å². The van der Waals surface area contributed by atoms with Gasteiger partial charge in [-0.2, -0.15) is 0 Å². The van der Waals surface area contributed by atoms with E-state index in [9.17, 15) is 9.59 Å². The number of aliphatic hydroxyl groups excluding tert-OH is 2. The number of halogens is 5. The summed E-state index contributed by atoms with van der Waals surface area (Å²) in [6, 6.07) is 25.9.